The van der Waals surface area contributed by atoms with E-state index in [1.165, 1.54) is 6.92 Å². The molecule has 0 heterocycles. The van der Waals surface area contributed by atoms with Gasteiger partial charge in [-0.1, -0.05) is 26.7 Å². The number of aliphatic hydroxyl groups excluding tert-OH is 1. The minimum atomic E-state index is -0.462. The van der Waals surface area contributed by atoms with Crippen molar-refractivity contribution in [2.45, 2.75) is 39.7 Å². The number of anilines is 1. The van der Waals surface area contributed by atoms with Crippen molar-refractivity contribution >= 4 is 11.5 Å². The topological polar surface area (TPSA) is 73.1 Å². The smallest absolute Gasteiger partial charge is 0.161 e. The Kier molecular flexibility index (Phi) is 6.20. The fraction of sp³-hybridized carbons (Fsp3) is 0.500. The molecule has 20 heavy (non-hydrogen) atoms. The number of carbonyl (C=O) groups excluding carboxylic acids is 1. The molecule has 0 aliphatic heterocycles. The predicted molar refractivity (Wildman–Crippen MR) is 79.7 cm³/mol. The van der Waals surface area contributed by atoms with Crippen LogP contribution in [0.1, 0.15) is 49.5 Å². The van der Waals surface area contributed by atoms with Crippen LogP contribution in [0.25, 0.3) is 0 Å². The molecule has 0 saturated heterocycles. The number of Topliss-reactive ketones (excluding diaryl/α,β-unsaturated/α-hetero) is 1. The van der Waals surface area contributed by atoms with Gasteiger partial charge >= 0.3 is 0 Å². The fourth-order valence-electron chi connectivity index (χ4n) is 2.28. The minimum absolute atomic E-state index is 0.0611. The van der Waals surface area contributed by atoms with Crippen LogP contribution in [0.4, 0.5) is 5.69 Å². The van der Waals surface area contributed by atoms with E-state index in [9.17, 15) is 9.90 Å². The standard InChI is InChI=1S/C16H22N2O2/c1-4-13(5-2)16(20)10-18-15-8-12(9-17)6-7-14(15)11(3)19/h6-8,13,16,18,20H,4-5,10H2,1-3H3. The number of nitrogens with one attached hydrogen (secondary N) is 1. The molecule has 0 aliphatic carbocycles. The summed E-state index contributed by atoms with van der Waals surface area (Å²) in [7, 11) is 0. The van der Waals surface area contributed by atoms with E-state index in [2.05, 4.69) is 25.2 Å². The number of nitrogens with zero attached hydrogens (tertiary/aromatic N) is 1. The zero-order valence-corrected chi connectivity index (χ0v) is 12.3. The molecule has 1 atom stereocenters. The van der Waals surface area contributed by atoms with Gasteiger partial charge < -0.3 is 10.4 Å². The molecule has 1 aromatic carbocycles. The van der Waals surface area contributed by atoms with Crippen LogP contribution >= 0.6 is 0 Å². The summed E-state index contributed by atoms with van der Waals surface area (Å²) in [6.45, 7) is 5.97. The summed E-state index contributed by atoms with van der Waals surface area (Å²) >= 11 is 0. The Balaban J connectivity index is 2.85. The van der Waals surface area contributed by atoms with E-state index in [1.807, 2.05) is 0 Å². The lowest BCUT2D eigenvalue weighted by atomic mass is 9.96. The van der Waals surface area contributed by atoms with Crippen LogP contribution in [0.3, 0.4) is 0 Å². The van der Waals surface area contributed by atoms with Crippen LogP contribution in [-0.2, 0) is 0 Å². The first kappa shape index (κ1) is 16.2. The van der Waals surface area contributed by atoms with Crippen molar-refractivity contribution in [2.24, 2.45) is 5.92 Å². The summed E-state index contributed by atoms with van der Waals surface area (Å²) < 4.78 is 0. The van der Waals surface area contributed by atoms with Gasteiger partial charge in [-0.3, -0.25) is 4.79 Å². The summed E-state index contributed by atoms with van der Waals surface area (Å²) in [6, 6.07) is 6.97. The Labute approximate surface area is 120 Å². The third kappa shape index (κ3) is 4.07. The number of benzene rings is 1. The Morgan fingerprint density at radius 1 is 1.40 bits per heavy atom. The van der Waals surface area contributed by atoms with Gasteiger partial charge in [-0.15, -0.1) is 0 Å². The van der Waals surface area contributed by atoms with Crippen LogP contribution in [0.2, 0.25) is 0 Å². The summed E-state index contributed by atoms with van der Waals surface area (Å²) in [4.78, 5) is 11.6. The Morgan fingerprint density at radius 3 is 2.55 bits per heavy atom. The van der Waals surface area contributed by atoms with E-state index in [4.69, 9.17) is 5.26 Å². The average Bonchev–Trinajstić information content (AvgIpc) is 2.45. The largest absolute Gasteiger partial charge is 0.391 e. The zero-order chi connectivity index (χ0) is 15.1. The molecule has 0 radical (unpaired) electrons. The van der Waals surface area contributed by atoms with Crippen molar-refractivity contribution in [3.63, 3.8) is 0 Å². The van der Waals surface area contributed by atoms with Gasteiger partial charge in [0.2, 0.25) is 0 Å². The molecular formula is C16H22N2O2. The van der Waals surface area contributed by atoms with Crippen LogP contribution in [0.5, 0.6) is 0 Å². The van der Waals surface area contributed by atoms with Gasteiger partial charge in [0, 0.05) is 17.8 Å². The zero-order valence-electron chi connectivity index (χ0n) is 12.3. The second-order valence-corrected chi connectivity index (χ2v) is 4.95. The number of hydrogen-bond acceptors (Lipinski definition) is 4. The van der Waals surface area contributed by atoms with Gasteiger partial charge in [-0.05, 0) is 31.0 Å². The van der Waals surface area contributed by atoms with E-state index >= 15 is 0 Å². The van der Waals surface area contributed by atoms with Crippen LogP contribution in [-0.4, -0.2) is 23.5 Å². The summed E-state index contributed by atoms with van der Waals surface area (Å²) in [6.07, 6.45) is 1.37. The minimum Gasteiger partial charge on any atom is -0.391 e. The van der Waals surface area contributed by atoms with E-state index in [0.29, 0.717) is 23.4 Å². The molecule has 2 N–H and O–H groups in total. The second kappa shape index (κ2) is 7.66. The van der Waals surface area contributed by atoms with Gasteiger partial charge in [0.15, 0.2) is 5.78 Å². The van der Waals surface area contributed by atoms with Crippen molar-refractivity contribution in [3.8, 4) is 6.07 Å². The number of aliphatic hydroxyl groups is 1. The highest BCUT2D eigenvalue weighted by atomic mass is 16.3. The van der Waals surface area contributed by atoms with Gasteiger partial charge in [0.1, 0.15) is 0 Å². The molecule has 1 aromatic rings. The highest BCUT2D eigenvalue weighted by Gasteiger charge is 2.16. The third-order valence-corrected chi connectivity index (χ3v) is 3.62. The molecule has 108 valence electrons. The highest BCUT2D eigenvalue weighted by Crippen LogP contribution is 2.20. The monoisotopic (exact) mass is 274 g/mol. The van der Waals surface area contributed by atoms with Gasteiger partial charge in [-0.25, -0.2) is 0 Å². The van der Waals surface area contributed by atoms with Crippen molar-refractivity contribution in [1.29, 1.82) is 5.26 Å². The highest BCUT2D eigenvalue weighted by molar-refractivity contribution is 5.99. The summed E-state index contributed by atoms with van der Waals surface area (Å²) in [5, 5.41) is 22.1. The lowest BCUT2D eigenvalue weighted by molar-refractivity contribution is 0.101. The third-order valence-electron chi connectivity index (χ3n) is 3.62. The average molecular weight is 274 g/mol. The van der Waals surface area contributed by atoms with Crippen LogP contribution in [0.15, 0.2) is 18.2 Å². The molecule has 1 rings (SSSR count). The molecule has 0 aliphatic rings. The summed E-state index contributed by atoms with van der Waals surface area (Å²) in [5.41, 5.74) is 1.65. The van der Waals surface area contributed by atoms with Gasteiger partial charge in [0.05, 0.1) is 17.7 Å². The first-order valence-electron chi connectivity index (χ1n) is 7.00. The predicted octanol–water partition coefficient (Wildman–Crippen LogP) is 2.97. The molecule has 4 nitrogen and oxygen atoms in total. The quantitative estimate of drug-likeness (QED) is 0.750. The summed E-state index contributed by atoms with van der Waals surface area (Å²) in [5.74, 6) is 0.177. The molecule has 4 heteroatoms. The molecule has 0 aromatic heterocycles. The van der Waals surface area contributed by atoms with Crippen LogP contribution in [0, 0.1) is 17.2 Å². The first-order valence-corrected chi connectivity index (χ1v) is 7.00. The Bertz CT molecular complexity index is 502. The van der Waals surface area contributed by atoms with E-state index < -0.39 is 6.10 Å². The number of ketones is 1. The first-order chi connectivity index (χ1) is 9.53. The van der Waals surface area contributed by atoms with E-state index in [0.717, 1.165) is 12.8 Å². The van der Waals surface area contributed by atoms with Crippen LogP contribution < -0.4 is 5.32 Å². The van der Waals surface area contributed by atoms with Crippen molar-refractivity contribution in [1.82, 2.24) is 0 Å². The van der Waals surface area contributed by atoms with Gasteiger partial charge in [-0.2, -0.15) is 5.26 Å². The van der Waals surface area contributed by atoms with E-state index in [-0.39, 0.29) is 11.7 Å². The molecular weight excluding hydrogens is 252 g/mol. The number of hydrogen-bond donors (Lipinski definition) is 2. The van der Waals surface area contributed by atoms with E-state index in [1.54, 1.807) is 18.2 Å². The fourth-order valence-corrected chi connectivity index (χ4v) is 2.28. The Morgan fingerprint density at radius 2 is 2.05 bits per heavy atom. The lowest BCUT2D eigenvalue weighted by Gasteiger charge is -2.21. The molecule has 0 saturated carbocycles. The Hall–Kier alpha value is -1.86. The maximum absolute atomic E-state index is 11.6. The number of rotatable bonds is 7. The maximum atomic E-state index is 11.6. The molecule has 0 amide bonds. The number of nitriles is 1. The van der Waals surface area contributed by atoms with Crippen molar-refractivity contribution in [2.75, 3.05) is 11.9 Å². The molecule has 0 spiro atoms. The SMILES string of the molecule is CCC(CC)C(O)CNc1cc(C#N)ccc1C(C)=O. The van der Waals surface area contributed by atoms with Gasteiger partial charge in [0.25, 0.3) is 0 Å². The lowest BCUT2D eigenvalue weighted by Crippen LogP contribution is -2.28. The van der Waals surface area contributed by atoms with Crippen molar-refractivity contribution < 1.29 is 9.90 Å². The number of carbonyl (C=O) groups is 1. The van der Waals surface area contributed by atoms with Crippen molar-refractivity contribution in [3.05, 3.63) is 29.3 Å². The maximum Gasteiger partial charge on any atom is 0.161 e. The molecule has 1 unspecified atom stereocenters. The molecule has 0 fully saturated rings. The second-order valence-electron chi connectivity index (χ2n) is 4.95. The normalized spacial score (nSPS) is 12.0. The molecule has 0 bridgehead atoms.